The second-order valence-corrected chi connectivity index (χ2v) is 9.99. The number of nitrogens with one attached hydrogen (secondary N) is 1. The van der Waals surface area contributed by atoms with Crippen LogP contribution in [0.1, 0.15) is 6.42 Å². The van der Waals surface area contributed by atoms with E-state index in [9.17, 15) is 18.5 Å². The lowest BCUT2D eigenvalue weighted by atomic mass is 10.2. The number of nitro benzene ring substituents is 1. The van der Waals surface area contributed by atoms with Gasteiger partial charge in [0.25, 0.3) is 5.69 Å². The molecule has 1 N–H and O–H groups in total. The van der Waals surface area contributed by atoms with Gasteiger partial charge in [0.05, 0.1) is 9.82 Å². The van der Waals surface area contributed by atoms with E-state index < -0.39 is 14.9 Å². The Balaban J connectivity index is 1.51. The van der Waals surface area contributed by atoms with Crippen LogP contribution < -0.4 is 10.2 Å². The van der Waals surface area contributed by atoms with Crippen LogP contribution in [-0.4, -0.2) is 74.9 Å². The Kier molecular flexibility index (Phi) is 6.12. The van der Waals surface area contributed by atoms with Crippen molar-refractivity contribution >= 4 is 27.1 Å². The average Bonchev–Trinajstić information content (AvgIpc) is 3.23. The van der Waals surface area contributed by atoms with Crippen LogP contribution in [0.25, 0.3) is 0 Å². The second kappa shape index (κ2) is 8.81. The van der Waals surface area contributed by atoms with Gasteiger partial charge in [-0.25, -0.2) is 8.42 Å². The number of benzene rings is 2. The van der Waals surface area contributed by atoms with Gasteiger partial charge in [-0.1, -0.05) is 18.2 Å². The van der Waals surface area contributed by atoms with E-state index in [1.165, 1.54) is 22.5 Å². The molecule has 2 aromatic rings. The van der Waals surface area contributed by atoms with Crippen LogP contribution in [0.4, 0.5) is 17.1 Å². The predicted molar refractivity (Wildman–Crippen MR) is 120 cm³/mol. The minimum Gasteiger partial charge on any atom is -0.375 e. The largest absolute Gasteiger partial charge is 0.375 e. The fourth-order valence-corrected chi connectivity index (χ4v) is 5.54. The van der Waals surface area contributed by atoms with E-state index >= 15 is 0 Å². The molecule has 1 unspecified atom stereocenters. The maximum atomic E-state index is 13.0. The van der Waals surface area contributed by atoms with Gasteiger partial charge in [0.15, 0.2) is 0 Å². The number of likely N-dealkylation sites (N-methyl/N-ethyl adjacent to an activating group) is 1. The zero-order valence-electron chi connectivity index (χ0n) is 17.5. The van der Waals surface area contributed by atoms with E-state index in [2.05, 4.69) is 15.1 Å². The summed E-state index contributed by atoms with van der Waals surface area (Å²) in [5.74, 6) is 0. The molecular weight excluding hydrogens is 418 g/mol. The lowest BCUT2D eigenvalue weighted by Crippen LogP contribution is -2.47. The molecule has 2 heterocycles. The topological polar surface area (TPSA) is 99.0 Å². The maximum absolute atomic E-state index is 13.0. The average molecular weight is 446 g/mol. The molecule has 31 heavy (non-hydrogen) atoms. The van der Waals surface area contributed by atoms with Crippen LogP contribution in [-0.2, 0) is 10.0 Å². The van der Waals surface area contributed by atoms with Gasteiger partial charge in [-0.15, -0.1) is 0 Å². The third-order valence-corrected chi connectivity index (χ3v) is 7.83. The van der Waals surface area contributed by atoms with Crippen molar-refractivity contribution in [2.45, 2.75) is 17.4 Å². The number of nitrogens with zero attached hydrogens (tertiary/aromatic N) is 4. The number of hydrogen-bond acceptors (Lipinski definition) is 7. The molecule has 2 aromatic carbocycles. The van der Waals surface area contributed by atoms with E-state index in [1.54, 1.807) is 0 Å². The van der Waals surface area contributed by atoms with E-state index in [-0.39, 0.29) is 16.6 Å². The van der Waals surface area contributed by atoms with Crippen LogP contribution in [0.2, 0.25) is 0 Å². The Labute approximate surface area is 182 Å². The van der Waals surface area contributed by atoms with E-state index in [4.69, 9.17) is 0 Å². The SMILES string of the molecule is CN1CCN(S(=O)(=O)c2ccc(NC3CCN(c4ccccc4)C3)c([N+](=O)[O-])c2)CC1. The first kappa shape index (κ1) is 21.5. The zero-order chi connectivity index (χ0) is 22.0. The van der Waals surface area contributed by atoms with E-state index in [0.717, 1.165) is 25.2 Å². The second-order valence-electron chi connectivity index (χ2n) is 8.05. The number of para-hydroxylation sites is 1. The molecule has 0 aliphatic carbocycles. The summed E-state index contributed by atoms with van der Waals surface area (Å²) >= 11 is 0. The minimum absolute atomic E-state index is 0.0355. The third-order valence-electron chi connectivity index (χ3n) is 5.94. The fraction of sp³-hybridized carbons (Fsp3) is 0.429. The number of piperazine rings is 1. The van der Waals surface area contributed by atoms with E-state index in [1.807, 2.05) is 37.4 Å². The molecule has 4 rings (SSSR count). The standard InChI is InChI=1S/C21H27N5O4S/c1-23-11-13-25(14-12-23)31(29,30)19-7-8-20(21(15-19)26(27)28)22-17-9-10-24(16-17)18-5-3-2-4-6-18/h2-8,15,17,22H,9-14,16H2,1H3. The molecule has 0 spiro atoms. The monoisotopic (exact) mass is 445 g/mol. The summed E-state index contributed by atoms with van der Waals surface area (Å²) in [4.78, 5) is 15.5. The minimum atomic E-state index is -3.76. The van der Waals surface area contributed by atoms with Crippen molar-refractivity contribution in [2.24, 2.45) is 0 Å². The Morgan fingerprint density at radius 1 is 1.03 bits per heavy atom. The van der Waals surface area contributed by atoms with Gasteiger partial charge in [0.1, 0.15) is 5.69 Å². The van der Waals surface area contributed by atoms with Gasteiger partial charge in [0.2, 0.25) is 10.0 Å². The van der Waals surface area contributed by atoms with Crippen molar-refractivity contribution in [3.05, 3.63) is 58.6 Å². The number of hydrogen-bond donors (Lipinski definition) is 1. The molecule has 1 atom stereocenters. The third kappa shape index (κ3) is 4.65. The van der Waals surface area contributed by atoms with Crippen molar-refractivity contribution in [3.8, 4) is 0 Å². The zero-order valence-corrected chi connectivity index (χ0v) is 18.3. The molecule has 2 aliphatic rings. The van der Waals surface area contributed by atoms with Gasteiger partial charge in [-0.2, -0.15) is 4.31 Å². The highest BCUT2D eigenvalue weighted by Gasteiger charge is 2.31. The van der Waals surface area contributed by atoms with Gasteiger partial charge < -0.3 is 15.1 Å². The molecule has 9 nitrogen and oxygen atoms in total. The lowest BCUT2D eigenvalue weighted by Gasteiger charge is -2.31. The molecule has 0 amide bonds. The first-order valence-corrected chi connectivity index (χ1v) is 11.8. The highest BCUT2D eigenvalue weighted by Crippen LogP contribution is 2.31. The van der Waals surface area contributed by atoms with Crippen LogP contribution in [0.5, 0.6) is 0 Å². The smallest absolute Gasteiger partial charge is 0.293 e. The normalized spacial score (nSPS) is 20.7. The molecule has 0 saturated carbocycles. The molecule has 0 aromatic heterocycles. The van der Waals surface area contributed by atoms with Gasteiger partial charge >= 0.3 is 0 Å². The van der Waals surface area contributed by atoms with Gasteiger partial charge in [-0.05, 0) is 37.7 Å². The van der Waals surface area contributed by atoms with Crippen LogP contribution >= 0.6 is 0 Å². The number of anilines is 2. The lowest BCUT2D eigenvalue weighted by molar-refractivity contribution is -0.384. The Hall–Kier alpha value is -2.69. The van der Waals surface area contributed by atoms with Crippen LogP contribution in [0.3, 0.4) is 0 Å². The van der Waals surface area contributed by atoms with Gasteiger partial charge in [0, 0.05) is 57.1 Å². The quantitative estimate of drug-likeness (QED) is 0.538. The van der Waals surface area contributed by atoms with Gasteiger partial charge in [-0.3, -0.25) is 10.1 Å². The summed E-state index contributed by atoms with van der Waals surface area (Å²) in [6.07, 6.45) is 0.841. The molecular formula is C21H27N5O4S. The van der Waals surface area contributed by atoms with Crippen molar-refractivity contribution in [2.75, 3.05) is 56.5 Å². The number of rotatable bonds is 6. The molecule has 2 saturated heterocycles. The summed E-state index contributed by atoms with van der Waals surface area (Å²) in [5, 5.41) is 15.0. The summed E-state index contributed by atoms with van der Waals surface area (Å²) < 4.78 is 27.4. The number of nitro groups is 1. The first-order valence-electron chi connectivity index (χ1n) is 10.4. The summed E-state index contributed by atoms with van der Waals surface area (Å²) in [6.45, 7) is 3.61. The van der Waals surface area contributed by atoms with Crippen LogP contribution in [0.15, 0.2) is 53.4 Å². The molecule has 2 fully saturated rings. The molecule has 0 bridgehead atoms. The highest BCUT2D eigenvalue weighted by atomic mass is 32.2. The fourth-order valence-electron chi connectivity index (χ4n) is 4.09. The number of sulfonamides is 1. The molecule has 10 heteroatoms. The summed E-state index contributed by atoms with van der Waals surface area (Å²) in [6, 6.07) is 14.2. The molecule has 2 aliphatic heterocycles. The van der Waals surface area contributed by atoms with Crippen LogP contribution in [0, 0.1) is 10.1 Å². The summed E-state index contributed by atoms with van der Waals surface area (Å²) in [5.41, 5.74) is 1.26. The van der Waals surface area contributed by atoms with Crippen molar-refractivity contribution in [1.82, 2.24) is 9.21 Å². The van der Waals surface area contributed by atoms with E-state index in [0.29, 0.717) is 31.9 Å². The van der Waals surface area contributed by atoms with Crippen molar-refractivity contribution < 1.29 is 13.3 Å². The molecule has 0 radical (unpaired) electrons. The maximum Gasteiger partial charge on any atom is 0.293 e. The Bertz CT molecular complexity index is 1040. The van der Waals surface area contributed by atoms with Crippen molar-refractivity contribution in [3.63, 3.8) is 0 Å². The molecule has 166 valence electrons. The summed E-state index contributed by atoms with van der Waals surface area (Å²) in [7, 11) is -1.82. The Morgan fingerprint density at radius 3 is 2.42 bits per heavy atom. The highest BCUT2D eigenvalue weighted by molar-refractivity contribution is 7.89. The van der Waals surface area contributed by atoms with Crippen molar-refractivity contribution in [1.29, 1.82) is 0 Å². The predicted octanol–water partition coefficient (Wildman–Crippen LogP) is 2.22. The Morgan fingerprint density at radius 2 is 1.74 bits per heavy atom. The first-order chi connectivity index (χ1) is 14.8.